The SMILES string of the molecule is CCCCOC(=O)N1CCC2(CC1)CC(C=O)C2. The number of carbonyl (C=O) groups is 2. The molecule has 2 rings (SSSR count). The van der Waals surface area contributed by atoms with Crippen LogP contribution in [0.4, 0.5) is 4.79 Å². The average molecular weight is 253 g/mol. The predicted molar refractivity (Wildman–Crippen MR) is 68.3 cm³/mol. The lowest BCUT2D eigenvalue weighted by atomic mass is 9.58. The number of unbranched alkanes of at least 4 members (excludes halogenated alkanes) is 1. The molecular weight excluding hydrogens is 230 g/mol. The van der Waals surface area contributed by atoms with Crippen molar-refractivity contribution in [3.05, 3.63) is 0 Å². The lowest BCUT2D eigenvalue weighted by Crippen LogP contribution is -2.49. The van der Waals surface area contributed by atoms with Gasteiger partial charge in [0.25, 0.3) is 0 Å². The topological polar surface area (TPSA) is 46.6 Å². The number of hydrogen-bond acceptors (Lipinski definition) is 3. The van der Waals surface area contributed by atoms with E-state index >= 15 is 0 Å². The van der Waals surface area contributed by atoms with Crippen LogP contribution in [0.25, 0.3) is 0 Å². The monoisotopic (exact) mass is 253 g/mol. The number of aldehydes is 1. The summed E-state index contributed by atoms with van der Waals surface area (Å²) in [6, 6.07) is 0. The van der Waals surface area contributed by atoms with E-state index in [1.807, 2.05) is 4.90 Å². The van der Waals surface area contributed by atoms with Gasteiger partial charge in [-0.25, -0.2) is 4.79 Å². The molecular formula is C14H23NO3. The van der Waals surface area contributed by atoms with Gasteiger partial charge in [-0.05, 0) is 37.5 Å². The summed E-state index contributed by atoms with van der Waals surface area (Å²) in [4.78, 5) is 24.2. The van der Waals surface area contributed by atoms with Crippen molar-refractivity contribution >= 4 is 12.4 Å². The van der Waals surface area contributed by atoms with E-state index in [9.17, 15) is 9.59 Å². The molecule has 0 atom stereocenters. The van der Waals surface area contributed by atoms with E-state index in [1.54, 1.807) is 0 Å². The number of likely N-dealkylation sites (tertiary alicyclic amines) is 1. The molecule has 4 nitrogen and oxygen atoms in total. The Kier molecular flexibility index (Phi) is 4.25. The molecule has 1 aliphatic carbocycles. The number of piperidine rings is 1. The zero-order valence-electron chi connectivity index (χ0n) is 11.2. The first-order valence-corrected chi connectivity index (χ1v) is 7.06. The molecule has 102 valence electrons. The second kappa shape index (κ2) is 5.72. The lowest BCUT2D eigenvalue weighted by molar-refractivity contribution is -0.120. The zero-order valence-corrected chi connectivity index (χ0v) is 11.2. The van der Waals surface area contributed by atoms with Crippen LogP contribution in [0.5, 0.6) is 0 Å². The first-order valence-electron chi connectivity index (χ1n) is 7.06. The Morgan fingerprint density at radius 1 is 1.39 bits per heavy atom. The molecule has 1 saturated heterocycles. The Morgan fingerprint density at radius 3 is 2.61 bits per heavy atom. The third kappa shape index (κ3) is 2.85. The van der Waals surface area contributed by atoms with Gasteiger partial charge in [-0.1, -0.05) is 13.3 Å². The van der Waals surface area contributed by atoms with Crippen molar-refractivity contribution < 1.29 is 14.3 Å². The Hall–Kier alpha value is -1.06. The Labute approximate surface area is 109 Å². The average Bonchev–Trinajstić information content (AvgIpc) is 2.36. The van der Waals surface area contributed by atoms with Crippen LogP contribution in [0.1, 0.15) is 45.4 Å². The van der Waals surface area contributed by atoms with E-state index in [-0.39, 0.29) is 12.0 Å². The molecule has 2 aliphatic rings. The molecule has 18 heavy (non-hydrogen) atoms. The molecule has 0 aromatic rings. The summed E-state index contributed by atoms with van der Waals surface area (Å²) in [6.45, 7) is 4.19. The van der Waals surface area contributed by atoms with Crippen molar-refractivity contribution in [3.63, 3.8) is 0 Å². The number of amides is 1. The van der Waals surface area contributed by atoms with Crippen LogP contribution in [0, 0.1) is 11.3 Å². The highest BCUT2D eigenvalue weighted by Gasteiger charge is 2.46. The van der Waals surface area contributed by atoms with Crippen molar-refractivity contribution in [1.82, 2.24) is 4.90 Å². The minimum absolute atomic E-state index is 0.162. The van der Waals surface area contributed by atoms with Crippen LogP contribution in [0.15, 0.2) is 0 Å². The minimum Gasteiger partial charge on any atom is -0.449 e. The van der Waals surface area contributed by atoms with Crippen molar-refractivity contribution in [2.24, 2.45) is 11.3 Å². The van der Waals surface area contributed by atoms with Crippen LogP contribution in [0.2, 0.25) is 0 Å². The van der Waals surface area contributed by atoms with E-state index in [0.29, 0.717) is 12.0 Å². The van der Waals surface area contributed by atoms with Crippen LogP contribution < -0.4 is 0 Å². The van der Waals surface area contributed by atoms with Crippen LogP contribution >= 0.6 is 0 Å². The normalized spacial score (nSPS) is 22.6. The maximum atomic E-state index is 11.8. The fourth-order valence-electron chi connectivity index (χ4n) is 3.12. The summed E-state index contributed by atoms with van der Waals surface area (Å²) in [5.74, 6) is 0.271. The Bertz CT molecular complexity index is 300. The number of ether oxygens (including phenoxy) is 1. The van der Waals surface area contributed by atoms with Gasteiger partial charge in [-0.3, -0.25) is 0 Å². The third-order valence-electron chi connectivity index (χ3n) is 4.39. The fourth-order valence-corrected chi connectivity index (χ4v) is 3.12. The van der Waals surface area contributed by atoms with Crippen molar-refractivity contribution in [2.75, 3.05) is 19.7 Å². The molecule has 1 amide bonds. The van der Waals surface area contributed by atoms with E-state index in [4.69, 9.17) is 4.74 Å². The largest absolute Gasteiger partial charge is 0.449 e. The van der Waals surface area contributed by atoms with Gasteiger partial charge in [0.05, 0.1) is 6.61 Å². The summed E-state index contributed by atoms with van der Waals surface area (Å²) in [5, 5.41) is 0. The molecule has 1 aliphatic heterocycles. The summed E-state index contributed by atoms with van der Waals surface area (Å²) in [5.41, 5.74) is 0.353. The molecule has 2 fully saturated rings. The highest BCUT2D eigenvalue weighted by atomic mass is 16.6. The first-order chi connectivity index (χ1) is 8.69. The molecule has 0 aromatic heterocycles. The van der Waals surface area contributed by atoms with Crippen LogP contribution in [-0.2, 0) is 9.53 Å². The molecule has 0 bridgehead atoms. The Morgan fingerprint density at radius 2 is 2.06 bits per heavy atom. The van der Waals surface area contributed by atoms with Gasteiger partial charge in [0.15, 0.2) is 0 Å². The standard InChI is InChI=1S/C14H23NO3/c1-2-3-8-18-13(17)15-6-4-14(5-7-15)9-12(10-14)11-16/h11-12H,2-10H2,1H3. The molecule has 4 heteroatoms. The highest BCUT2D eigenvalue weighted by molar-refractivity contribution is 5.67. The maximum Gasteiger partial charge on any atom is 0.409 e. The molecule has 0 unspecified atom stereocenters. The second-order valence-electron chi connectivity index (χ2n) is 5.76. The zero-order chi connectivity index (χ0) is 13.0. The summed E-state index contributed by atoms with van der Waals surface area (Å²) in [6.07, 6.45) is 7.00. The van der Waals surface area contributed by atoms with Gasteiger partial charge in [0.2, 0.25) is 0 Å². The van der Waals surface area contributed by atoms with Crippen molar-refractivity contribution in [1.29, 1.82) is 0 Å². The van der Waals surface area contributed by atoms with E-state index in [0.717, 1.165) is 57.9 Å². The number of rotatable bonds is 4. The highest BCUT2D eigenvalue weighted by Crippen LogP contribution is 2.51. The lowest BCUT2D eigenvalue weighted by Gasteiger charge is -2.50. The summed E-state index contributed by atoms with van der Waals surface area (Å²) < 4.78 is 5.21. The number of nitrogens with zero attached hydrogens (tertiary/aromatic N) is 1. The van der Waals surface area contributed by atoms with E-state index in [1.165, 1.54) is 0 Å². The fraction of sp³-hybridized carbons (Fsp3) is 0.857. The minimum atomic E-state index is -0.162. The van der Waals surface area contributed by atoms with Crippen molar-refractivity contribution in [3.8, 4) is 0 Å². The van der Waals surface area contributed by atoms with Gasteiger partial charge in [0, 0.05) is 19.0 Å². The van der Waals surface area contributed by atoms with Gasteiger partial charge in [-0.2, -0.15) is 0 Å². The van der Waals surface area contributed by atoms with E-state index in [2.05, 4.69) is 6.92 Å². The Balaban J connectivity index is 1.70. The maximum absolute atomic E-state index is 11.8. The number of carbonyl (C=O) groups excluding carboxylic acids is 2. The molecule has 1 heterocycles. The van der Waals surface area contributed by atoms with Gasteiger partial charge < -0.3 is 14.4 Å². The summed E-state index contributed by atoms with van der Waals surface area (Å²) >= 11 is 0. The quantitative estimate of drug-likeness (QED) is 0.571. The predicted octanol–water partition coefficient (Wildman–Crippen LogP) is 2.61. The smallest absolute Gasteiger partial charge is 0.409 e. The van der Waals surface area contributed by atoms with Crippen LogP contribution in [0.3, 0.4) is 0 Å². The van der Waals surface area contributed by atoms with Crippen LogP contribution in [-0.4, -0.2) is 37.0 Å². The molecule has 0 N–H and O–H groups in total. The molecule has 0 radical (unpaired) electrons. The van der Waals surface area contributed by atoms with E-state index < -0.39 is 0 Å². The second-order valence-corrected chi connectivity index (χ2v) is 5.76. The summed E-state index contributed by atoms with van der Waals surface area (Å²) in [7, 11) is 0. The third-order valence-corrected chi connectivity index (χ3v) is 4.39. The van der Waals surface area contributed by atoms with Gasteiger partial charge in [-0.15, -0.1) is 0 Å². The first kappa shape index (κ1) is 13.4. The number of hydrogen-bond donors (Lipinski definition) is 0. The van der Waals surface area contributed by atoms with Crippen molar-refractivity contribution in [2.45, 2.75) is 45.4 Å². The van der Waals surface area contributed by atoms with Gasteiger partial charge in [0.1, 0.15) is 6.29 Å². The molecule has 1 saturated carbocycles. The molecule has 1 spiro atoms. The molecule has 0 aromatic carbocycles. The van der Waals surface area contributed by atoms with Gasteiger partial charge >= 0.3 is 6.09 Å².